The maximum atomic E-state index is 15.0. The average molecular weight is 586 g/mol. The zero-order valence-electron chi connectivity index (χ0n) is 22.3. The SMILES string of the molecule is CC[C@H](C(=O)NC1CCCC1)N(Cc1ccc(Cl)cc1)C(=O)CN(c1ccccc1F)S(=O)(=O)c1ccccc1. The largest absolute Gasteiger partial charge is 0.352 e. The highest BCUT2D eigenvalue weighted by atomic mass is 35.5. The van der Waals surface area contributed by atoms with Gasteiger partial charge in [0, 0.05) is 17.6 Å². The monoisotopic (exact) mass is 585 g/mol. The number of carbonyl (C=O) groups excluding carboxylic acids is 2. The summed E-state index contributed by atoms with van der Waals surface area (Å²) in [7, 11) is -4.33. The van der Waals surface area contributed by atoms with Crippen molar-refractivity contribution in [1.29, 1.82) is 0 Å². The smallest absolute Gasteiger partial charge is 0.264 e. The molecular weight excluding hydrogens is 553 g/mol. The zero-order chi connectivity index (χ0) is 28.7. The van der Waals surface area contributed by atoms with E-state index in [-0.39, 0.29) is 29.1 Å². The van der Waals surface area contributed by atoms with Crippen LogP contribution in [0.3, 0.4) is 0 Å². The van der Waals surface area contributed by atoms with Crippen LogP contribution in [-0.4, -0.2) is 43.8 Å². The van der Waals surface area contributed by atoms with Gasteiger partial charge in [0.25, 0.3) is 10.0 Å². The van der Waals surface area contributed by atoms with Crippen LogP contribution in [0.2, 0.25) is 5.02 Å². The Balaban J connectivity index is 1.71. The van der Waals surface area contributed by atoms with Crippen LogP contribution in [0.5, 0.6) is 0 Å². The Morgan fingerprint density at radius 2 is 1.60 bits per heavy atom. The highest BCUT2D eigenvalue weighted by Crippen LogP contribution is 2.27. The summed E-state index contributed by atoms with van der Waals surface area (Å²) in [5.74, 6) is -1.71. The first-order chi connectivity index (χ1) is 19.2. The molecule has 0 bridgehead atoms. The molecular formula is C30H33ClFN3O4S. The third-order valence-electron chi connectivity index (χ3n) is 7.08. The minimum absolute atomic E-state index is 0.0439. The zero-order valence-corrected chi connectivity index (χ0v) is 23.9. The number of para-hydroxylation sites is 1. The van der Waals surface area contributed by atoms with E-state index < -0.39 is 34.3 Å². The van der Waals surface area contributed by atoms with Crippen molar-refractivity contribution in [2.75, 3.05) is 10.8 Å². The predicted molar refractivity (Wildman–Crippen MR) is 154 cm³/mol. The van der Waals surface area contributed by atoms with E-state index in [1.54, 1.807) is 49.4 Å². The van der Waals surface area contributed by atoms with Crippen molar-refractivity contribution in [3.63, 3.8) is 0 Å². The van der Waals surface area contributed by atoms with Crippen LogP contribution < -0.4 is 9.62 Å². The number of halogens is 2. The van der Waals surface area contributed by atoms with Crippen molar-refractivity contribution >= 4 is 39.1 Å². The number of benzene rings is 3. The van der Waals surface area contributed by atoms with Gasteiger partial charge in [-0.15, -0.1) is 0 Å². The van der Waals surface area contributed by atoms with Crippen molar-refractivity contribution in [3.8, 4) is 0 Å². The van der Waals surface area contributed by atoms with Gasteiger partial charge in [0.05, 0.1) is 10.6 Å². The average Bonchev–Trinajstić information content (AvgIpc) is 3.46. The summed E-state index contributed by atoms with van der Waals surface area (Å²) in [6.07, 6.45) is 4.13. The molecule has 0 saturated heterocycles. The molecule has 0 aromatic heterocycles. The second kappa shape index (κ2) is 13.3. The van der Waals surface area contributed by atoms with Crippen molar-refractivity contribution < 1.29 is 22.4 Å². The highest BCUT2D eigenvalue weighted by Gasteiger charge is 2.35. The van der Waals surface area contributed by atoms with E-state index in [9.17, 15) is 22.4 Å². The minimum atomic E-state index is -4.33. The molecule has 2 amide bonds. The van der Waals surface area contributed by atoms with E-state index >= 15 is 0 Å². The number of amides is 2. The molecule has 1 N–H and O–H groups in total. The molecule has 212 valence electrons. The molecule has 1 aliphatic rings. The molecule has 1 aliphatic carbocycles. The van der Waals surface area contributed by atoms with E-state index in [1.165, 1.54) is 35.2 Å². The van der Waals surface area contributed by atoms with Gasteiger partial charge in [-0.2, -0.15) is 0 Å². The Morgan fingerprint density at radius 1 is 0.975 bits per heavy atom. The van der Waals surface area contributed by atoms with Crippen LogP contribution in [0, 0.1) is 5.82 Å². The first-order valence-corrected chi connectivity index (χ1v) is 15.2. The summed E-state index contributed by atoms with van der Waals surface area (Å²) in [5.41, 5.74) is 0.461. The number of hydrogen-bond acceptors (Lipinski definition) is 4. The Kier molecular flexibility index (Phi) is 9.81. The molecule has 0 radical (unpaired) electrons. The van der Waals surface area contributed by atoms with Crippen molar-refractivity contribution in [3.05, 3.63) is 95.3 Å². The number of nitrogens with zero attached hydrogens (tertiary/aromatic N) is 2. The van der Waals surface area contributed by atoms with Gasteiger partial charge in [0.1, 0.15) is 18.4 Å². The first-order valence-electron chi connectivity index (χ1n) is 13.4. The van der Waals surface area contributed by atoms with Crippen LogP contribution >= 0.6 is 11.6 Å². The number of carbonyl (C=O) groups is 2. The summed E-state index contributed by atoms with van der Waals surface area (Å²) in [5, 5.41) is 3.59. The number of hydrogen-bond donors (Lipinski definition) is 1. The second-order valence-electron chi connectivity index (χ2n) is 9.84. The molecule has 40 heavy (non-hydrogen) atoms. The molecule has 7 nitrogen and oxygen atoms in total. The summed E-state index contributed by atoms with van der Waals surface area (Å²) in [6.45, 7) is 1.15. The summed E-state index contributed by atoms with van der Waals surface area (Å²) in [4.78, 5) is 28.7. The van der Waals surface area contributed by atoms with Crippen LogP contribution in [0.15, 0.2) is 83.8 Å². The third-order valence-corrected chi connectivity index (χ3v) is 9.11. The fourth-order valence-corrected chi connectivity index (χ4v) is 6.53. The lowest BCUT2D eigenvalue weighted by atomic mass is 10.1. The second-order valence-corrected chi connectivity index (χ2v) is 12.1. The molecule has 3 aromatic rings. The number of nitrogens with one attached hydrogen (secondary N) is 1. The number of anilines is 1. The van der Waals surface area contributed by atoms with Gasteiger partial charge >= 0.3 is 0 Å². The van der Waals surface area contributed by atoms with E-state index in [0.29, 0.717) is 17.0 Å². The van der Waals surface area contributed by atoms with Gasteiger partial charge in [-0.3, -0.25) is 13.9 Å². The van der Waals surface area contributed by atoms with Crippen LogP contribution in [0.1, 0.15) is 44.6 Å². The lowest BCUT2D eigenvalue weighted by Crippen LogP contribution is -2.53. The van der Waals surface area contributed by atoms with Gasteiger partial charge in [0.2, 0.25) is 11.8 Å². The molecule has 0 unspecified atom stereocenters. The Labute approximate surface area is 240 Å². The molecule has 0 spiro atoms. The molecule has 4 rings (SSSR count). The van der Waals surface area contributed by atoms with Crippen molar-refractivity contribution in [2.24, 2.45) is 0 Å². The fourth-order valence-electron chi connectivity index (χ4n) is 4.96. The molecule has 10 heteroatoms. The third kappa shape index (κ3) is 7.01. The molecule has 0 heterocycles. The Bertz CT molecular complexity index is 1410. The molecule has 1 saturated carbocycles. The van der Waals surface area contributed by atoms with E-state index in [1.807, 2.05) is 0 Å². The lowest BCUT2D eigenvalue weighted by Gasteiger charge is -2.33. The Morgan fingerprint density at radius 3 is 2.23 bits per heavy atom. The van der Waals surface area contributed by atoms with Gasteiger partial charge < -0.3 is 10.2 Å². The Hall–Kier alpha value is -3.43. The van der Waals surface area contributed by atoms with Crippen molar-refractivity contribution in [2.45, 2.75) is 62.6 Å². The van der Waals surface area contributed by atoms with E-state index in [4.69, 9.17) is 11.6 Å². The summed E-state index contributed by atoms with van der Waals surface area (Å²) < 4.78 is 43.2. The molecule has 3 aromatic carbocycles. The number of rotatable bonds is 11. The topological polar surface area (TPSA) is 86.8 Å². The molecule has 1 atom stereocenters. The van der Waals surface area contributed by atoms with E-state index in [2.05, 4.69) is 5.32 Å². The molecule has 1 fully saturated rings. The standard InChI is InChI=1S/C30H33ClFN3O4S/c1-2-27(30(37)33-24-10-6-7-11-24)34(20-22-16-18-23(31)19-17-22)29(36)21-35(28-15-9-8-14-26(28)32)40(38,39)25-12-4-3-5-13-25/h3-5,8-9,12-19,24,27H,2,6-7,10-11,20-21H2,1H3,(H,33,37)/t27-/m1/s1. The summed E-state index contributed by atoms with van der Waals surface area (Å²) in [6, 6.07) is 19.0. The van der Waals surface area contributed by atoms with Gasteiger partial charge in [-0.1, -0.05) is 73.8 Å². The number of sulfonamides is 1. The molecule has 0 aliphatic heterocycles. The minimum Gasteiger partial charge on any atom is -0.352 e. The fraction of sp³-hybridized carbons (Fsp3) is 0.333. The van der Waals surface area contributed by atoms with Gasteiger partial charge in [-0.25, -0.2) is 12.8 Å². The maximum absolute atomic E-state index is 15.0. The summed E-state index contributed by atoms with van der Waals surface area (Å²) >= 11 is 6.05. The van der Waals surface area contributed by atoms with Gasteiger partial charge in [-0.05, 0) is 61.2 Å². The van der Waals surface area contributed by atoms with Gasteiger partial charge in [0.15, 0.2) is 0 Å². The highest BCUT2D eigenvalue weighted by molar-refractivity contribution is 7.92. The van der Waals surface area contributed by atoms with Crippen LogP contribution in [0.25, 0.3) is 0 Å². The normalized spacial score (nSPS) is 14.5. The van der Waals surface area contributed by atoms with Crippen LogP contribution in [-0.2, 0) is 26.2 Å². The van der Waals surface area contributed by atoms with Crippen molar-refractivity contribution in [1.82, 2.24) is 10.2 Å². The maximum Gasteiger partial charge on any atom is 0.264 e. The first kappa shape index (κ1) is 29.6. The van der Waals surface area contributed by atoms with E-state index in [0.717, 1.165) is 36.1 Å². The predicted octanol–water partition coefficient (Wildman–Crippen LogP) is 5.54. The lowest BCUT2D eigenvalue weighted by molar-refractivity contribution is -0.140. The van der Waals surface area contributed by atoms with Crippen LogP contribution in [0.4, 0.5) is 10.1 Å². The quantitative estimate of drug-likeness (QED) is 0.320.